The molecule has 0 saturated carbocycles. The number of hydrogen-bond donors (Lipinski definition) is 1. The average Bonchev–Trinajstić information content (AvgIpc) is 2.86. The van der Waals surface area contributed by atoms with Crippen LogP contribution in [0.2, 0.25) is 0 Å². The molecule has 0 saturated heterocycles. The lowest BCUT2D eigenvalue weighted by atomic mass is 10.1. The standard InChI is InChI=1S/C16H13F2NO/c17-14-5-4-11(8-15(14)18)9-19-7-6-13-12(10-20)2-1-3-16(13)19/h1-8,20H,9-10H2. The molecule has 102 valence electrons. The van der Waals surface area contributed by atoms with Crippen molar-refractivity contribution in [3.63, 3.8) is 0 Å². The SMILES string of the molecule is OCc1cccc2c1ccn2Cc1ccc(F)c(F)c1. The van der Waals surface area contributed by atoms with Crippen molar-refractivity contribution in [1.29, 1.82) is 0 Å². The van der Waals surface area contributed by atoms with Crippen LogP contribution in [0.5, 0.6) is 0 Å². The molecule has 3 aromatic rings. The van der Waals surface area contributed by atoms with Crippen LogP contribution in [0.1, 0.15) is 11.1 Å². The summed E-state index contributed by atoms with van der Waals surface area (Å²) in [5.74, 6) is -1.68. The van der Waals surface area contributed by atoms with Gasteiger partial charge in [0.1, 0.15) is 0 Å². The molecule has 1 aromatic heterocycles. The number of nitrogens with zero attached hydrogens (tertiary/aromatic N) is 1. The third kappa shape index (κ3) is 2.18. The van der Waals surface area contributed by atoms with Gasteiger partial charge in [0.25, 0.3) is 0 Å². The third-order valence-electron chi connectivity index (χ3n) is 3.41. The summed E-state index contributed by atoms with van der Waals surface area (Å²) in [6.45, 7) is 0.433. The van der Waals surface area contributed by atoms with Gasteiger partial charge in [-0.15, -0.1) is 0 Å². The van der Waals surface area contributed by atoms with E-state index in [2.05, 4.69) is 0 Å². The van der Waals surface area contributed by atoms with Crippen LogP contribution >= 0.6 is 0 Å². The van der Waals surface area contributed by atoms with E-state index in [-0.39, 0.29) is 6.61 Å². The van der Waals surface area contributed by atoms with E-state index in [1.807, 2.05) is 35.0 Å². The van der Waals surface area contributed by atoms with Crippen molar-refractivity contribution in [2.75, 3.05) is 0 Å². The molecule has 0 aliphatic heterocycles. The molecule has 0 aliphatic rings. The summed E-state index contributed by atoms with van der Waals surface area (Å²) in [4.78, 5) is 0. The number of aliphatic hydroxyl groups excluding tert-OH is 1. The Balaban J connectivity index is 2.00. The van der Waals surface area contributed by atoms with Crippen LogP contribution in [0.3, 0.4) is 0 Å². The van der Waals surface area contributed by atoms with Gasteiger partial charge < -0.3 is 9.67 Å². The number of aromatic nitrogens is 1. The van der Waals surface area contributed by atoms with E-state index < -0.39 is 11.6 Å². The zero-order chi connectivity index (χ0) is 14.1. The molecule has 0 aliphatic carbocycles. The summed E-state index contributed by atoms with van der Waals surface area (Å²) < 4.78 is 28.1. The monoisotopic (exact) mass is 273 g/mol. The number of halogens is 2. The molecule has 2 nitrogen and oxygen atoms in total. The summed E-state index contributed by atoms with van der Waals surface area (Å²) in [5.41, 5.74) is 2.50. The Hall–Kier alpha value is -2.20. The Morgan fingerprint density at radius 1 is 1.00 bits per heavy atom. The molecule has 0 radical (unpaired) electrons. The summed E-state index contributed by atoms with van der Waals surface area (Å²) in [7, 11) is 0. The Morgan fingerprint density at radius 3 is 2.60 bits per heavy atom. The van der Waals surface area contributed by atoms with E-state index in [1.165, 1.54) is 6.07 Å². The van der Waals surface area contributed by atoms with Gasteiger partial charge in [0.2, 0.25) is 0 Å². The van der Waals surface area contributed by atoms with Gasteiger partial charge in [-0.2, -0.15) is 0 Å². The maximum absolute atomic E-state index is 13.2. The quantitative estimate of drug-likeness (QED) is 0.776. The fraction of sp³-hybridized carbons (Fsp3) is 0.125. The Kier molecular flexibility index (Phi) is 3.24. The summed E-state index contributed by atoms with van der Waals surface area (Å²) in [6, 6.07) is 11.5. The number of aliphatic hydroxyl groups is 1. The fourth-order valence-corrected chi connectivity index (χ4v) is 2.40. The van der Waals surface area contributed by atoms with Crippen LogP contribution in [0.4, 0.5) is 8.78 Å². The highest BCUT2D eigenvalue weighted by atomic mass is 19.2. The van der Waals surface area contributed by atoms with Gasteiger partial charge in [0, 0.05) is 23.6 Å². The Morgan fingerprint density at radius 2 is 1.85 bits per heavy atom. The lowest BCUT2D eigenvalue weighted by Crippen LogP contribution is -1.99. The van der Waals surface area contributed by atoms with E-state index in [0.29, 0.717) is 12.1 Å². The summed E-state index contributed by atoms with van der Waals surface area (Å²) >= 11 is 0. The maximum atomic E-state index is 13.2. The maximum Gasteiger partial charge on any atom is 0.159 e. The van der Waals surface area contributed by atoms with E-state index in [4.69, 9.17) is 0 Å². The van der Waals surface area contributed by atoms with Crippen LogP contribution in [0.25, 0.3) is 10.9 Å². The second-order valence-corrected chi connectivity index (χ2v) is 4.70. The molecular formula is C16H13F2NO. The average molecular weight is 273 g/mol. The second-order valence-electron chi connectivity index (χ2n) is 4.70. The van der Waals surface area contributed by atoms with Crippen molar-refractivity contribution in [3.05, 3.63) is 71.4 Å². The van der Waals surface area contributed by atoms with Gasteiger partial charge in [-0.05, 0) is 35.4 Å². The first-order valence-corrected chi connectivity index (χ1v) is 6.30. The highest BCUT2D eigenvalue weighted by Gasteiger charge is 2.07. The van der Waals surface area contributed by atoms with Crippen molar-refractivity contribution in [1.82, 2.24) is 4.57 Å². The zero-order valence-electron chi connectivity index (χ0n) is 10.7. The van der Waals surface area contributed by atoms with Crippen LogP contribution in [-0.4, -0.2) is 9.67 Å². The highest BCUT2D eigenvalue weighted by Crippen LogP contribution is 2.21. The molecule has 0 bridgehead atoms. The minimum atomic E-state index is -0.839. The van der Waals surface area contributed by atoms with Crippen molar-refractivity contribution < 1.29 is 13.9 Å². The van der Waals surface area contributed by atoms with Crippen LogP contribution in [0, 0.1) is 11.6 Å². The first kappa shape index (κ1) is 12.8. The van der Waals surface area contributed by atoms with Crippen molar-refractivity contribution in [3.8, 4) is 0 Å². The Labute approximate surface area is 114 Å². The topological polar surface area (TPSA) is 25.2 Å². The van der Waals surface area contributed by atoms with Gasteiger partial charge in [-0.1, -0.05) is 18.2 Å². The first-order chi connectivity index (χ1) is 9.69. The largest absolute Gasteiger partial charge is 0.392 e. The zero-order valence-corrected chi connectivity index (χ0v) is 10.7. The van der Waals surface area contributed by atoms with E-state index >= 15 is 0 Å². The normalized spacial score (nSPS) is 11.2. The number of fused-ring (bicyclic) bond motifs is 1. The van der Waals surface area contributed by atoms with Gasteiger partial charge in [-0.3, -0.25) is 0 Å². The number of hydrogen-bond acceptors (Lipinski definition) is 1. The third-order valence-corrected chi connectivity index (χ3v) is 3.41. The van der Waals surface area contributed by atoms with Crippen LogP contribution < -0.4 is 0 Å². The minimum Gasteiger partial charge on any atom is -0.392 e. The van der Waals surface area contributed by atoms with Crippen LogP contribution in [0.15, 0.2) is 48.7 Å². The van der Waals surface area contributed by atoms with E-state index in [9.17, 15) is 13.9 Å². The van der Waals surface area contributed by atoms with Gasteiger partial charge in [0.05, 0.1) is 6.61 Å². The van der Waals surface area contributed by atoms with Crippen LogP contribution in [-0.2, 0) is 13.2 Å². The summed E-state index contributed by atoms with van der Waals surface area (Å²) in [6.07, 6.45) is 1.88. The summed E-state index contributed by atoms with van der Waals surface area (Å²) in [5, 5.41) is 10.3. The van der Waals surface area contributed by atoms with Gasteiger partial charge in [0.15, 0.2) is 11.6 Å². The predicted octanol–water partition coefficient (Wildman–Crippen LogP) is 3.46. The smallest absolute Gasteiger partial charge is 0.159 e. The first-order valence-electron chi connectivity index (χ1n) is 6.30. The number of rotatable bonds is 3. The molecule has 0 fully saturated rings. The molecule has 0 spiro atoms. The molecule has 1 N–H and O–H groups in total. The lowest BCUT2D eigenvalue weighted by Gasteiger charge is -2.07. The predicted molar refractivity (Wildman–Crippen MR) is 73.3 cm³/mol. The molecule has 0 amide bonds. The molecule has 1 heterocycles. The second kappa shape index (κ2) is 5.06. The van der Waals surface area contributed by atoms with Crippen molar-refractivity contribution in [2.24, 2.45) is 0 Å². The lowest BCUT2D eigenvalue weighted by molar-refractivity contribution is 0.283. The van der Waals surface area contributed by atoms with Crippen molar-refractivity contribution >= 4 is 10.9 Å². The molecular weight excluding hydrogens is 260 g/mol. The molecule has 4 heteroatoms. The molecule has 3 rings (SSSR count). The van der Waals surface area contributed by atoms with Gasteiger partial charge >= 0.3 is 0 Å². The molecule has 0 unspecified atom stereocenters. The van der Waals surface area contributed by atoms with E-state index in [1.54, 1.807) is 6.07 Å². The number of benzene rings is 2. The fourth-order valence-electron chi connectivity index (χ4n) is 2.40. The molecule has 0 atom stereocenters. The highest BCUT2D eigenvalue weighted by molar-refractivity contribution is 5.83. The molecule has 2 aromatic carbocycles. The van der Waals surface area contributed by atoms with E-state index in [0.717, 1.165) is 22.5 Å². The Bertz CT molecular complexity index is 764. The molecule has 20 heavy (non-hydrogen) atoms. The minimum absolute atomic E-state index is 0.0213. The van der Waals surface area contributed by atoms with Gasteiger partial charge in [-0.25, -0.2) is 8.78 Å². The van der Waals surface area contributed by atoms with Crippen molar-refractivity contribution in [2.45, 2.75) is 13.2 Å².